The minimum absolute atomic E-state index is 0.00179. The van der Waals surface area contributed by atoms with Gasteiger partial charge >= 0.3 is 0 Å². The zero-order valence-corrected chi connectivity index (χ0v) is 19.1. The third-order valence-electron chi connectivity index (χ3n) is 5.01. The van der Waals surface area contributed by atoms with E-state index in [0.29, 0.717) is 34.3 Å². The Balaban J connectivity index is 1.91. The average Bonchev–Trinajstić information content (AvgIpc) is 3.32. The maximum atomic E-state index is 13.1. The average molecular weight is 450 g/mol. The van der Waals surface area contributed by atoms with Crippen LogP contribution in [0.4, 0.5) is 5.69 Å². The van der Waals surface area contributed by atoms with Crippen molar-refractivity contribution in [2.24, 2.45) is 0 Å². The fourth-order valence-electron chi connectivity index (χ4n) is 3.10. The first-order valence-electron chi connectivity index (χ1n) is 10.1. The molecule has 2 aromatic carbocycles. The number of nitrogens with one attached hydrogen (secondary N) is 2. The molecule has 172 valence electrons. The van der Waals surface area contributed by atoms with Crippen molar-refractivity contribution in [3.63, 3.8) is 0 Å². The summed E-state index contributed by atoms with van der Waals surface area (Å²) < 4.78 is 21.3. The molecule has 0 unspecified atom stereocenters. The number of amides is 2. The number of carbonyl (C=O) groups excluding carboxylic acids is 2. The second-order valence-corrected chi connectivity index (χ2v) is 7.19. The van der Waals surface area contributed by atoms with Crippen LogP contribution in [-0.4, -0.2) is 33.1 Å². The molecule has 0 saturated carbocycles. The highest BCUT2D eigenvalue weighted by Crippen LogP contribution is 2.40. The number of aryl methyl sites for hydroxylation is 2. The quantitative estimate of drug-likeness (QED) is 0.496. The van der Waals surface area contributed by atoms with E-state index < -0.39 is 11.8 Å². The SMILES string of the molecule is COc1cc(NC(=O)/C(=C/c2ccco2)NC(=O)c2ccc(C)c(C)c2)cc(OC)c1OC. The normalized spacial score (nSPS) is 11.0. The van der Waals surface area contributed by atoms with Crippen LogP contribution >= 0.6 is 0 Å². The summed E-state index contributed by atoms with van der Waals surface area (Å²) in [6, 6.07) is 11.9. The van der Waals surface area contributed by atoms with Crippen LogP contribution in [0.2, 0.25) is 0 Å². The molecule has 0 aliphatic rings. The molecule has 1 aromatic heterocycles. The number of methoxy groups -OCH3 is 3. The first kappa shape index (κ1) is 23.5. The number of ether oxygens (including phenoxy) is 3. The standard InChI is InChI=1S/C25H26N2O6/c1-15-8-9-17(11-16(15)2)24(28)27-20(14-19-7-6-10-33-19)25(29)26-18-12-21(30-3)23(32-5)22(13-18)31-4/h6-14H,1-5H3,(H,26,29)(H,27,28)/b20-14-. The first-order chi connectivity index (χ1) is 15.9. The van der Waals surface area contributed by atoms with Gasteiger partial charge in [-0.2, -0.15) is 0 Å². The number of benzene rings is 2. The van der Waals surface area contributed by atoms with Crippen molar-refractivity contribution in [1.29, 1.82) is 0 Å². The van der Waals surface area contributed by atoms with E-state index in [4.69, 9.17) is 18.6 Å². The topological polar surface area (TPSA) is 99.0 Å². The van der Waals surface area contributed by atoms with Crippen LogP contribution in [0.5, 0.6) is 17.2 Å². The van der Waals surface area contributed by atoms with Crippen LogP contribution in [0.25, 0.3) is 6.08 Å². The Morgan fingerprint density at radius 1 is 0.909 bits per heavy atom. The predicted octanol–water partition coefficient (Wildman–Crippen LogP) is 4.33. The van der Waals surface area contributed by atoms with Crippen LogP contribution < -0.4 is 24.8 Å². The lowest BCUT2D eigenvalue weighted by molar-refractivity contribution is -0.113. The lowest BCUT2D eigenvalue weighted by atomic mass is 10.1. The van der Waals surface area contributed by atoms with Crippen molar-refractivity contribution in [3.8, 4) is 17.2 Å². The smallest absolute Gasteiger partial charge is 0.272 e. The molecule has 0 fully saturated rings. The summed E-state index contributed by atoms with van der Waals surface area (Å²) in [6.07, 6.45) is 2.93. The molecule has 0 saturated heterocycles. The van der Waals surface area contributed by atoms with Crippen molar-refractivity contribution in [2.75, 3.05) is 26.6 Å². The summed E-state index contributed by atoms with van der Waals surface area (Å²) in [5, 5.41) is 5.43. The fourth-order valence-corrected chi connectivity index (χ4v) is 3.10. The van der Waals surface area contributed by atoms with E-state index in [-0.39, 0.29) is 5.70 Å². The van der Waals surface area contributed by atoms with Gasteiger partial charge in [0.05, 0.1) is 27.6 Å². The Morgan fingerprint density at radius 2 is 1.61 bits per heavy atom. The summed E-state index contributed by atoms with van der Waals surface area (Å²) >= 11 is 0. The summed E-state index contributed by atoms with van der Waals surface area (Å²) in [5.74, 6) is 0.581. The summed E-state index contributed by atoms with van der Waals surface area (Å²) in [7, 11) is 4.45. The predicted molar refractivity (Wildman–Crippen MR) is 125 cm³/mol. The summed E-state index contributed by atoms with van der Waals surface area (Å²) in [6.45, 7) is 3.88. The molecule has 0 radical (unpaired) electrons. The molecule has 8 nitrogen and oxygen atoms in total. The first-order valence-corrected chi connectivity index (χ1v) is 10.1. The van der Waals surface area contributed by atoms with Gasteiger partial charge in [0.15, 0.2) is 11.5 Å². The Hall–Kier alpha value is -4.20. The summed E-state index contributed by atoms with van der Waals surface area (Å²) in [5.41, 5.74) is 2.87. The molecule has 3 rings (SSSR count). The molecule has 3 aromatic rings. The monoisotopic (exact) mass is 450 g/mol. The number of carbonyl (C=O) groups is 2. The van der Waals surface area contributed by atoms with E-state index >= 15 is 0 Å². The molecule has 0 bridgehead atoms. The van der Waals surface area contributed by atoms with Crippen LogP contribution in [0.15, 0.2) is 58.8 Å². The maximum absolute atomic E-state index is 13.1. The molecule has 33 heavy (non-hydrogen) atoms. The third kappa shape index (κ3) is 5.54. The van der Waals surface area contributed by atoms with Gasteiger partial charge < -0.3 is 29.3 Å². The highest BCUT2D eigenvalue weighted by molar-refractivity contribution is 6.10. The van der Waals surface area contributed by atoms with Gasteiger partial charge in [0, 0.05) is 29.5 Å². The van der Waals surface area contributed by atoms with Gasteiger partial charge in [0.2, 0.25) is 5.75 Å². The summed E-state index contributed by atoms with van der Waals surface area (Å²) in [4.78, 5) is 26.0. The van der Waals surface area contributed by atoms with Crippen LogP contribution in [0.3, 0.4) is 0 Å². The van der Waals surface area contributed by atoms with Crippen LogP contribution in [0.1, 0.15) is 27.2 Å². The van der Waals surface area contributed by atoms with E-state index in [1.807, 2.05) is 19.9 Å². The zero-order chi connectivity index (χ0) is 24.0. The van der Waals surface area contributed by atoms with Gasteiger partial charge in [0.1, 0.15) is 11.5 Å². The van der Waals surface area contributed by atoms with Crippen molar-refractivity contribution in [3.05, 3.63) is 76.9 Å². The fraction of sp³-hybridized carbons (Fsp3) is 0.200. The van der Waals surface area contributed by atoms with Crippen molar-refractivity contribution >= 4 is 23.6 Å². The number of anilines is 1. The van der Waals surface area contributed by atoms with E-state index in [1.54, 1.807) is 36.4 Å². The lowest BCUT2D eigenvalue weighted by Crippen LogP contribution is -2.30. The number of hydrogen-bond donors (Lipinski definition) is 2. The molecular formula is C25H26N2O6. The van der Waals surface area contributed by atoms with Crippen LogP contribution in [-0.2, 0) is 4.79 Å². The molecule has 0 aliphatic heterocycles. The molecule has 0 aliphatic carbocycles. The Kier molecular flexibility index (Phi) is 7.40. The van der Waals surface area contributed by atoms with Gasteiger partial charge in [-0.3, -0.25) is 9.59 Å². The van der Waals surface area contributed by atoms with Gasteiger partial charge in [-0.15, -0.1) is 0 Å². The Bertz CT molecular complexity index is 1160. The third-order valence-corrected chi connectivity index (χ3v) is 5.01. The maximum Gasteiger partial charge on any atom is 0.272 e. The molecule has 2 amide bonds. The van der Waals surface area contributed by atoms with Gasteiger partial charge in [-0.05, 0) is 49.2 Å². The van der Waals surface area contributed by atoms with E-state index in [2.05, 4.69) is 10.6 Å². The van der Waals surface area contributed by atoms with Gasteiger partial charge in [-0.25, -0.2) is 0 Å². The van der Waals surface area contributed by atoms with Gasteiger partial charge in [0.25, 0.3) is 11.8 Å². The van der Waals surface area contributed by atoms with Gasteiger partial charge in [-0.1, -0.05) is 6.07 Å². The van der Waals surface area contributed by atoms with Crippen LogP contribution in [0, 0.1) is 13.8 Å². The zero-order valence-electron chi connectivity index (χ0n) is 19.1. The molecule has 2 N–H and O–H groups in total. The second kappa shape index (κ2) is 10.4. The lowest BCUT2D eigenvalue weighted by Gasteiger charge is -2.15. The van der Waals surface area contributed by atoms with E-state index in [9.17, 15) is 9.59 Å². The Labute approximate surface area is 192 Å². The molecule has 1 heterocycles. The van der Waals surface area contributed by atoms with Crippen molar-refractivity contribution < 1.29 is 28.2 Å². The minimum Gasteiger partial charge on any atom is -0.493 e. The Morgan fingerprint density at radius 3 is 2.15 bits per heavy atom. The van der Waals surface area contributed by atoms with Crippen molar-refractivity contribution in [1.82, 2.24) is 5.32 Å². The molecule has 0 atom stereocenters. The minimum atomic E-state index is -0.558. The number of rotatable bonds is 8. The van der Waals surface area contributed by atoms with E-state index in [1.165, 1.54) is 33.7 Å². The number of hydrogen-bond acceptors (Lipinski definition) is 6. The van der Waals surface area contributed by atoms with Crippen molar-refractivity contribution in [2.45, 2.75) is 13.8 Å². The molecule has 8 heteroatoms. The second-order valence-electron chi connectivity index (χ2n) is 7.19. The highest BCUT2D eigenvalue weighted by atomic mass is 16.5. The number of furan rings is 1. The molecule has 0 spiro atoms. The largest absolute Gasteiger partial charge is 0.493 e. The van der Waals surface area contributed by atoms with E-state index in [0.717, 1.165) is 11.1 Å². The molecular weight excluding hydrogens is 424 g/mol. The highest BCUT2D eigenvalue weighted by Gasteiger charge is 2.19.